The van der Waals surface area contributed by atoms with Crippen LogP contribution >= 0.6 is 31.9 Å². The van der Waals surface area contributed by atoms with Crippen LogP contribution in [0.5, 0.6) is 0 Å². The highest BCUT2D eigenvalue weighted by Gasteiger charge is 2.63. The SMILES string of the molecule is COC(=O)N1C2[C@H](Br)C([C@@H]2Br)[C@H]1C. The Kier molecular flexibility index (Phi) is 2.35. The Bertz CT molecular complexity index is 238. The van der Waals surface area contributed by atoms with Crippen molar-refractivity contribution in [2.45, 2.75) is 28.7 Å². The highest BCUT2D eigenvalue weighted by atomic mass is 79.9. The van der Waals surface area contributed by atoms with Gasteiger partial charge in [-0.15, -0.1) is 0 Å². The van der Waals surface area contributed by atoms with Gasteiger partial charge in [-0.05, 0) is 6.92 Å². The summed E-state index contributed by atoms with van der Waals surface area (Å²) in [5.74, 6) is 0.518. The van der Waals surface area contributed by atoms with E-state index in [0.29, 0.717) is 15.6 Å². The van der Waals surface area contributed by atoms with Gasteiger partial charge in [-0.25, -0.2) is 4.79 Å². The van der Waals surface area contributed by atoms with Crippen LogP contribution in [0.2, 0.25) is 0 Å². The summed E-state index contributed by atoms with van der Waals surface area (Å²) in [6, 6.07) is 0.527. The minimum absolute atomic E-state index is 0.216. The van der Waals surface area contributed by atoms with Crippen molar-refractivity contribution in [1.82, 2.24) is 4.90 Å². The van der Waals surface area contributed by atoms with E-state index in [4.69, 9.17) is 4.74 Å². The molecule has 1 saturated carbocycles. The topological polar surface area (TPSA) is 29.5 Å². The van der Waals surface area contributed by atoms with E-state index in [9.17, 15) is 4.79 Å². The lowest BCUT2D eigenvalue weighted by Gasteiger charge is -2.37. The van der Waals surface area contributed by atoms with Crippen molar-refractivity contribution >= 4 is 38.0 Å². The highest BCUT2D eigenvalue weighted by Crippen LogP contribution is 2.53. The molecule has 0 N–H and O–H groups in total. The van der Waals surface area contributed by atoms with Gasteiger partial charge in [-0.2, -0.15) is 0 Å². The van der Waals surface area contributed by atoms with Crippen LogP contribution in [0.25, 0.3) is 0 Å². The zero-order valence-corrected chi connectivity index (χ0v) is 10.6. The average Bonchev–Trinajstić information content (AvgIpc) is 2.52. The van der Waals surface area contributed by atoms with Gasteiger partial charge in [0, 0.05) is 21.6 Å². The lowest BCUT2D eigenvalue weighted by atomic mass is 9.83. The number of alkyl halides is 2. The Hall–Kier alpha value is 0.230. The monoisotopic (exact) mass is 311 g/mol. The molecular formula is C8H11Br2NO2. The van der Waals surface area contributed by atoms with Crippen molar-refractivity contribution in [1.29, 1.82) is 0 Å². The fourth-order valence-corrected chi connectivity index (χ4v) is 5.88. The molecule has 2 heterocycles. The Morgan fingerprint density at radius 2 is 1.92 bits per heavy atom. The third-order valence-electron chi connectivity index (χ3n) is 3.09. The first-order valence-corrected chi connectivity index (χ1v) is 6.07. The van der Waals surface area contributed by atoms with Gasteiger partial charge < -0.3 is 4.74 Å². The van der Waals surface area contributed by atoms with E-state index in [0.717, 1.165) is 0 Å². The molecule has 0 aromatic heterocycles. The van der Waals surface area contributed by atoms with Crippen LogP contribution < -0.4 is 0 Å². The van der Waals surface area contributed by atoms with Gasteiger partial charge in [0.2, 0.25) is 0 Å². The summed E-state index contributed by atoms with van der Waals surface area (Å²) in [6.45, 7) is 2.07. The van der Waals surface area contributed by atoms with Crippen molar-refractivity contribution in [3.05, 3.63) is 0 Å². The van der Waals surface area contributed by atoms with Crippen molar-refractivity contribution in [2.24, 2.45) is 5.92 Å². The van der Waals surface area contributed by atoms with E-state index >= 15 is 0 Å². The molecule has 0 aromatic rings. The molecule has 1 amide bonds. The molecule has 5 heteroatoms. The second-order valence-electron chi connectivity index (χ2n) is 3.57. The van der Waals surface area contributed by atoms with Crippen LogP contribution in [0.15, 0.2) is 0 Å². The van der Waals surface area contributed by atoms with E-state index in [1.807, 2.05) is 4.90 Å². The zero-order valence-electron chi connectivity index (χ0n) is 7.41. The number of hydrogen-bond acceptors (Lipinski definition) is 2. The predicted molar refractivity (Wildman–Crippen MR) is 56.4 cm³/mol. The molecule has 2 aliphatic heterocycles. The molecule has 1 aliphatic carbocycles. The molecule has 0 spiro atoms. The van der Waals surface area contributed by atoms with Crippen LogP contribution in [-0.2, 0) is 4.74 Å². The summed E-state index contributed by atoms with van der Waals surface area (Å²) < 4.78 is 4.74. The summed E-state index contributed by atoms with van der Waals surface area (Å²) in [4.78, 5) is 14.1. The molecule has 74 valence electrons. The number of fused-ring (bicyclic) bond motifs is 1. The first kappa shape index (κ1) is 9.77. The van der Waals surface area contributed by atoms with Gasteiger partial charge in [-0.1, -0.05) is 31.9 Å². The van der Waals surface area contributed by atoms with Gasteiger partial charge in [0.05, 0.1) is 13.2 Å². The molecule has 3 aliphatic rings. The van der Waals surface area contributed by atoms with Crippen molar-refractivity contribution in [2.75, 3.05) is 7.11 Å². The van der Waals surface area contributed by atoms with Gasteiger partial charge in [-0.3, -0.25) is 4.90 Å². The van der Waals surface area contributed by atoms with E-state index in [-0.39, 0.29) is 18.2 Å². The van der Waals surface area contributed by atoms with Crippen LogP contribution in [0.3, 0.4) is 0 Å². The minimum atomic E-state index is -0.216. The maximum Gasteiger partial charge on any atom is 0.410 e. The molecule has 3 fully saturated rings. The maximum atomic E-state index is 11.4. The third kappa shape index (κ3) is 1.09. The van der Waals surface area contributed by atoms with Gasteiger partial charge in [0.1, 0.15) is 0 Å². The molecule has 3 rings (SSSR count). The van der Waals surface area contributed by atoms with Crippen LogP contribution in [0.4, 0.5) is 4.79 Å². The number of carbonyl (C=O) groups is 1. The largest absolute Gasteiger partial charge is 0.453 e. The van der Waals surface area contributed by atoms with Crippen LogP contribution in [-0.4, -0.2) is 39.8 Å². The van der Waals surface area contributed by atoms with Gasteiger partial charge in [0.25, 0.3) is 0 Å². The van der Waals surface area contributed by atoms with Gasteiger partial charge in [0.15, 0.2) is 0 Å². The zero-order chi connectivity index (χ0) is 9.75. The molecule has 13 heavy (non-hydrogen) atoms. The Labute approximate surface area is 94.1 Å². The molecule has 0 aromatic carbocycles. The Morgan fingerprint density at radius 3 is 2.23 bits per heavy atom. The maximum absolute atomic E-state index is 11.4. The number of amides is 1. The molecule has 2 saturated heterocycles. The fourth-order valence-electron chi connectivity index (χ4n) is 2.35. The normalized spacial score (nSPS) is 47.4. The van der Waals surface area contributed by atoms with E-state index in [1.54, 1.807) is 0 Å². The highest BCUT2D eigenvalue weighted by molar-refractivity contribution is 9.10. The number of carbonyl (C=O) groups excluding carboxylic acids is 1. The molecule has 5 atom stereocenters. The van der Waals surface area contributed by atoms with E-state index in [1.165, 1.54) is 7.11 Å². The number of rotatable bonds is 0. The quantitative estimate of drug-likeness (QED) is 0.640. The fraction of sp³-hybridized carbons (Fsp3) is 0.875. The molecule has 0 radical (unpaired) electrons. The Balaban J connectivity index is 2.19. The number of ether oxygens (including phenoxy) is 1. The minimum Gasteiger partial charge on any atom is -0.453 e. The average molecular weight is 313 g/mol. The lowest BCUT2D eigenvalue weighted by Crippen LogP contribution is -2.51. The smallest absolute Gasteiger partial charge is 0.410 e. The molecule has 2 bridgehead atoms. The number of nitrogens with zero attached hydrogens (tertiary/aromatic N) is 1. The van der Waals surface area contributed by atoms with E-state index in [2.05, 4.69) is 38.8 Å². The second-order valence-corrected chi connectivity index (χ2v) is 5.69. The predicted octanol–water partition coefficient (Wildman–Crippen LogP) is 1.98. The summed E-state index contributed by atoms with van der Waals surface area (Å²) in [6.07, 6.45) is -0.216. The lowest BCUT2D eigenvalue weighted by molar-refractivity contribution is 0.115. The summed E-state index contributed by atoms with van der Waals surface area (Å²) in [5.41, 5.74) is 0. The van der Waals surface area contributed by atoms with Crippen LogP contribution in [0, 0.1) is 5.92 Å². The first-order valence-electron chi connectivity index (χ1n) is 4.24. The van der Waals surface area contributed by atoms with Crippen molar-refractivity contribution < 1.29 is 9.53 Å². The standard InChI is InChI=1S/C8H11Br2NO2/c1-3-4-5(9)7(6(4)10)11(3)8(12)13-2/h3-7H,1-2H3/t3-,4?,5-,6+,7?/m1/s1. The van der Waals surface area contributed by atoms with Crippen molar-refractivity contribution in [3.63, 3.8) is 0 Å². The molecule has 2 unspecified atom stereocenters. The summed E-state index contributed by atoms with van der Waals surface area (Å²) in [7, 11) is 1.43. The van der Waals surface area contributed by atoms with E-state index < -0.39 is 0 Å². The summed E-state index contributed by atoms with van der Waals surface area (Å²) in [5, 5.41) is 0. The molecular weight excluding hydrogens is 302 g/mol. The third-order valence-corrected chi connectivity index (χ3v) is 5.39. The number of hydrogen-bond donors (Lipinski definition) is 0. The van der Waals surface area contributed by atoms with Crippen LogP contribution in [0.1, 0.15) is 6.92 Å². The van der Waals surface area contributed by atoms with Gasteiger partial charge >= 0.3 is 6.09 Å². The summed E-state index contributed by atoms with van der Waals surface area (Å²) >= 11 is 7.19. The molecule has 3 nitrogen and oxygen atoms in total. The first-order chi connectivity index (χ1) is 6.09. The second kappa shape index (κ2) is 3.12. The van der Waals surface area contributed by atoms with Crippen molar-refractivity contribution in [3.8, 4) is 0 Å². The number of halogens is 2. The number of methoxy groups -OCH3 is 1. The Morgan fingerprint density at radius 1 is 1.38 bits per heavy atom.